The van der Waals surface area contributed by atoms with Crippen LogP contribution in [0.1, 0.15) is 46.5 Å². The van der Waals surface area contributed by atoms with Gasteiger partial charge in [-0.25, -0.2) is 4.79 Å². The van der Waals surface area contributed by atoms with Gasteiger partial charge in [0, 0.05) is 12.6 Å². The summed E-state index contributed by atoms with van der Waals surface area (Å²) >= 11 is 0. The van der Waals surface area contributed by atoms with E-state index in [9.17, 15) is 9.59 Å². The number of nitrogens with one attached hydrogen (secondary N) is 2. The maximum Gasteiger partial charge on any atom is 0.315 e. The van der Waals surface area contributed by atoms with Crippen LogP contribution in [0.5, 0.6) is 0 Å². The molecule has 0 aromatic rings. The van der Waals surface area contributed by atoms with E-state index in [0.717, 1.165) is 5.92 Å². The Bertz CT molecular complexity index is 312. The van der Waals surface area contributed by atoms with E-state index in [1.54, 1.807) is 13.8 Å². The van der Waals surface area contributed by atoms with Crippen LogP contribution in [0.4, 0.5) is 4.79 Å². The molecule has 1 rings (SSSR count). The van der Waals surface area contributed by atoms with Gasteiger partial charge in [-0.3, -0.25) is 4.79 Å². The normalized spacial score (nSPS) is 26.3. The molecule has 2 amide bonds. The van der Waals surface area contributed by atoms with Gasteiger partial charge in [-0.05, 0) is 38.5 Å². The molecule has 0 aromatic carbocycles. The number of amides is 2. The van der Waals surface area contributed by atoms with Crippen molar-refractivity contribution in [2.45, 2.75) is 52.5 Å². The van der Waals surface area contributed by atoms with E-state index >= 15 is 0 Å². The third-order valence-electron chi connectivity index (χ3n) is 4.19. The Kier molecular flexibility index (Phi) is 6.12. The highest BCUT2D eigenvalue weighted by Gasteiger charge is 2.22. The predicted octanol–water partition coefficient (Wildman–Crippen LogP) is 2.22. The van der Waals surface area contributed by atoms with Crippen LogP contribution in [0.2, 0.25) is 0 Å². The van der Waals surface area contributed by atoms with Crippen LogP contribution >= 0.6 is 0 Å². The van der Waals surface area contributed by atoms with Gasteiger partial charge in [0.25, 0.3) is 0 Å². The third kappa shape index (κ3) is 5.49. The second-order valence-electron chi connectivity index (χ2n) is 5.90. The second kappa shape index (κ2) is 7.36. The van der Waals surface area contributed by atoms with Gasteiger partial charge in [-0.1, -0.05) is 19.8 Å². The molecule has 0 radical (unpaired) electrons. The summed E-state index contributed by atoms with van der Waals surface area (Å²) in [5.41, 5.74) is 0. The van der Waals surface area contributed by atoms with Crippen LogP contribution in [-0.2, 0) is 4.79 Å². The molecule has 0 bridgehead atoms. The zero-order chi connectivity index (χ0) is 14.4. The molecule has 5 heteroatoms. The van der Waals surface area contributed by atoms with Crippen molar-refractivity contribution < 1.29 is 14.7 Å². The lowest BCUT2D eigenvalue weighted by atomic mass is 9.83. The molecule has 1 aliphatic rings. The zero-order valence-electron chi connectivity index (χ0n) is 12.1. The Balaban J connectivity index is 2.22. The Morgan fingerprint density at radius 3 is 2.32 bits per heavy atom. The first-order chi connectivity index (χ1) is 8.90. The zero-order valence-corrected chi connectivity index (χ0v) is 12.1. The Hall–Kier alpha value is -1.26. The lowest BCUT2D eigenvalue weighted by Gasteiger charge is -2.26. The van der Waals surface area contributed by atoms with Crippen molar-refractivity contribution in [1.29, 1.82) is 0 Å². The number of carboxylic acid groups (broad SMARTS) is 1. The summed E-state index contributed by atoms with van der Waals surface area (Å²) in [7, 11) is 0. The second-order valence-corrected chi connectivity index (χ2v) is 5.90. The van der Waals surface area contributed by atoms with Crippen molar-refractivity contribution in [3.05, 3.63) is 0 Å². The van der Waals surface area contributed by atoms with Gasteiger partial charge in [0.1, 0.15) is 0 Å². The first-order valence-electron chi connectivity index (χ1n) is 7.17. The fourth-order valence-electron chi connectivity index (χ4n) is 2.37. The van der Waals surface area contributed by atoms with Crippen LogP contribution < -0.4 is 10.6 Å². The summed E-state index contributed by atoms with van der Waals surface area (Å²) < 4.78 is 0. The predicted molar refractivity (Wildman–Crippen MR) is 73.9 cm³/mol. The molecule has 1 saturated carbocycles. The molecule has 0 heterocycles. The summed E-state index contributed by atoms with van der Waals surface area (Å²) in [6, 6.07) is -0.636. The van der Waals surface area contributed by atoms with Crippen molar-refractivity contribution in [3.8, 4) is 0 Å². The number of rotatable bonds is 5. The molecule has 110 valence electrons. The number of carboxylic acids is 1. The minimum atomic E-state index is -0.894. The quantitative estimate of drug-likeness (QED) is 0.716. The largest absolute Gasteiger partial charge is 0.481 e. The first-order valence-corrected chi connectivity index (χ1v) is 7.17. The van der Waals surface area contributed by atoms with E-state index in [2.05, 4.69) is 17.6 Å². The number of carbonyl (C=O) groups excluding carboxylic acids is 1. The smallest absolute Gasteiger partial charge is 0.315 e. The third-order valence-corrected chi connectivity index (χ3v) is 4.19. The monoisotopic (exact) mass is 270 g/mol. The number of urea groups is 1. The topological polar surface area (TPSA) is 78.4 Å². The molecule has 1 fully saturated rings. The van der Waals surface area contributed by atoms with Crippen LogP contribution in [-0.4, -0.2) is 29.7 Å². The van der Waals surface area contributed by atoms with Crippen LogP contribution in [0.25, 0.3) is 0 Å². The molecule has 19 heavy (non-hydrogen) atoms. The van der Waals surface area contributed by atoms with E-state index in [1.807, 2.05) is 0 Å². The number of carbonyl (C=O) groups is 2. The van der Waals surface area contributed by atoms with Crippen molar-refractivity contribution in [1.82, 2.24) is 10.6 Å². The van der Waals surface area contributed by atoms with Crippen LogP contribution in [0, 0.1) is 17.8 Å². The standard InChI is InChI=1S/C14H26N2O3/c1-9-4-6-12(7-5-9)8-15-14(19)16-11(3)10(2)13(17)18/h9-12H,4-8H2,1-3H3,(H,17,18)(H2,15,16,19). The summed E-state index contributed by atoms with van der Waals surface area (Å²) in [5, 5.41) is 14.4. The number of aliphatic carboxylic acids is 1. The molecule has 2 atom stereocenters. The molecule has 0 spiro atoms. The first kappa shape index (κ1) is 15.8. The van der Waals surface area contributed by atoms with Gasteiger partial charge < -0.3 is 15.7 Å². The van der Waals surface area contributed by atoms with Gasteiger partial charge in [-0.2, -0.15) is 0 Å². The van der Waals surface area contributed by atoms with E-state index in [1.165, 1.54) is 25.7 Å². The summed E-state index contributed by atoms with van der Waals surface area (Å²) in [6.07, 6.45) is 4.81. The Morgan fingerprint density at radius 2 is 1.79 bits per heavy atom. The highest BCUT2D eigenvalue weighted by Crippen LogP contribution is 2.27. The van der Waals surface area contributed by atoms with Gasteiger partial charge in [-0.15, -0.1) is 0 Å². The van der Waals surface area contributed by atoms with E-state index in [-0.39, 0.29) is 12.1 Å². The molecular weight excluding hydrogens is 244 g/mol. The summed E-state index contributed by atoms with van der Waals surface area (Å²) in [6.45, 7) is 6.26. The maximum atomic E-state index is 11.7. The van der Waals surface area contributed by atoms with Gasteiger partial charge >= 0.3 is 12.0 Å². The average molecular weight is 270 g/mol. The fraction of sp³-hybridized carbons (Fsp3) is 0.857. The average Bonchev–Trinajstić information content (AvgIpc) is 2.37. The number of hydrogen-bond acceptors (Lipinski definition) is 2. The molecule has 2 unspecified atom stereocenters. The molecular formula is C14H26N2O3. The molecule has 0 aliphatic heterocycles. The van der Waals surface area contributed by atoms with Gasteiger partial charge in [0.05, 0.1) is 5.92 Å². The highest BCUT2D eigenvalue weighted by molar-refractivity contribution is 5.76. The lowest BCUT2D eigenvalue weighted by Crippen LogP contribution is -2.46. The SMILES string of the molecule is CC1CCC(CNC(=O)NC(C)C(C)C(=O)O)CC1. The molecule has 0 aromatic heterocycles. The maximum absolute atomic E-state index is 11.7. The van der Waals surface area contributed by atoms with Gasteiger partial charge in [0.15, 0.2) is 0 Å². The molecule has 1 aliphatic carbocycles. The minimum Gasteiger partial charge on any atom is -0.481 e. The van der Waals surface area contributed by atoms with Crippen LogP contribution in [0.15, 0.2) is 0 Å². The number of hydrogen-bond donors (Lipinski definition) is 3. The Labute approximate surface area is 115 Å². The van der Waals surface area contributed by atoms with Crippen LogP contribution in [0.3, 0.4) is 0 Å². The van der Waals surface area contributed by atoms with E-state index in [4.69, 9.17) is 5.11 Å². The lowest BCUT2D eigenvalue weighted by molar-refractivity contribution is -0.141. The Morgan fingerprint density at radius 1 is 1.21 bits per heavy atom. The van der Waals surface area contributed by atoms with E-state index < -0.39 is 11.9 Å². The van der Waals surface area contributed by atoms with Crippen molar-refractivity contribution in [3.63, 3.8) is 0 Å². The van der Waals surface area contributed by atoms with Crippen molar-refractivity contribution in [2.24, 2.45) is 17.8 Å². The summed E-state index contributed by atoms with van der Waals surface area (Å²) in [5.74, 6) is -0.106. The van der Waals surface area contributed by atoms with Crippen molar-refractivity contribution >= 4 is 12.0 Å². The highest BCUT2D eigenvalue weighted by atomic mass is 16.4. The molecule has 5 nitrogen and oxygen atoms in total. The minimum absolute atomic E-state index is 0.265. The van der Waals surface area contributed by atoms with Crippen molar-refractivity contribution in [2.75, 3.05) is 6.54 Å². The fourth-order valence-corrected chi connectivity index (χ4v) is 2.37. The molecule has 3 N–H and O–H groups in total. The molecule has 0 saturated heterocycles. The summed E-state index contributed by atoms with van der Waals surface area (Å²) in [4.78, 5) is 22.5. The van der Waals surface area contributed by atoms with E-state index in [0.29, 0.717) is 12.5 Å². The van der Waals surface area contributed by atoms with Gasteiger partial charge in [0.2, 0.25) is 0 Å².